The average molecular weight is 402 g/mol. The molecule has 0 saturated carbocycles. The van der Waals surface area contributed by atoms with Crippen molar-refractivity contribution in [2.75, 3.05) is 13.1 Å². The number of likely N-dealkylation sites (tertiary alicyclic amines) is 1. The molecule has 1 aromatic heterocycles. The van der Waals surface area contributed by atoms with E-state index in [4.69, 9.17) is 4.42 Å². The van der Waals surface area contributed by atoms with Gasteiger partial charge in [-0.05, 0) is 43.2 Å². The van der Waals surface area contributed by atoms with E-state index in [-0.39, 0.29) is 10.8 Å². The molecule has 146 valence electrons. The number of sulfonamides is 1. The first kappa shape index (κ1) is 19.4. The van der Waals surface area contributed by atoms with Gasteiger partial charge >= 0.3 is 6.18 Å². The van der Waals surface area contributed by atoms with Gasteiger partial charge in [-0.25, -0.2) is 13.1 Å². The summed E-state index contributed by atoms with van der Waals surface area (Å²) in [6.07, 6.45) is -0.961. The Morgan fingerprint density at radius 1 is 1.11 bits per heavy atom. The maximum atomic E-state index is 12.6. The van der Waals surface area contributed by atoms with Gasteiger partial charge in [-0.15, -0.1) is 0 Å². The Morgan fingerprint density at radius 3 is 2.26 bits per heavy atom. The van der Waals surface area contributed by atoms with Gasteiger partial charge in [-0.1, -0.05) is 0 Å². The quantitative estimate of drug-likeness (QED) is 0.853. The van der Waals surface area contributed by atoms with E-state index in [1.165, 1.54) is 12.5 Å². The second-order valence-corrected chi connectivity index (χ2v) is 7.94. The van der Waals surface area contributed by atoms with Crippen molar-refractivity contribution in [1.82, 2.24) is 9.62 Å². The molecule has 1 aromatic carbocycles. The summed E-state index contributed by atoms with van der Waals surface area (Å²) in [5.41, 5.74) is -0.480. The Balaban J connectivity index is 1.60. The molecule has 2 aromatic rings. The molecular formula is C17H17F3N2O4S. The Labute approximate surface area is 154 Å². The topological polar surface area (TPSA) is 79.6 Å². The summed E-state index contributed by atoms with van der Waals surface area (Å²) in [6.45, 7) is 0.731. The molecule has 0 aliphatic carbocycles. The number of halogens is 3. The zero-order chi connectivity index (χ0) is 19.7. The van der Waals surface area contributed by atoms with Crippen molar-refractivity contribution in [2.45, 2.75) is 30.0 Å². The lowest BCUT2D eigenvalue weighted by molar-refractivity contribution is -0.137. The average Bonchev–Trinajstić information content (AvgIpc) is 3.15. The van der Waals surface area contributed by atoms with Gasteiger partial charge in [0.05, 0.1) is 22.3 Å². The van der Waals surface area contributed by atoms with Crippen LogP contribution in [0, 0.1) is 0 Å². The van der Waals surface area contributed by atoms with E-state index in [2.05, 4.69) is 4.72 Å². The van der Waals surface area contributed by atoms with Gasteiger partial charge in [0.1, 0.15) is 6.26 Å². The number of furan rings is 1. The molecule has 1 aliphatic heterocycles. The van der Waals surface area contributed by atoms with Gasteiger partial charge in [0.15, 0.2) is 0 Å². The fourth-order valence-corrected chi connectivity index (χ4v) is 4.18. The van der Waals surface area contributed by atoms with Crippen molar-refractivity contribution >= 4 is 15.9 Å². The van der Waals surface area contributed by atoms with Gasteiger partial charge in [0.2, 0.25) is 10.0 Å². The minimum absolute atomic E-state index is 0.187. The van der Waals surface area contributed by atoms with Crippen LogP contribution in [-0.2, 0) is 16.2 Å². The van der Waals surface area contributed by atoms with Crippen LogP contribution in [0.2, 0.25) is 0 Å². The number of alkyl halides is 3. The summed E-state index contributed by atoms with van der Waals surface area (Å²) in [5.74, 6) is -0.187. The van der Waals surface area contributed by atoms with Crippen LogP contribution in [0.3, 0.4) is 0 Å². The molecule has 2 heterocycles. The number of nitrogens with one attached hydrogen (secondary N) is 1. The van der Waals surface area contributed by atoms with Gasteiger partial charge < -0.3 is 9.32 Å². The number of carbonyl (C=O) groups is 1. The maximum absolute atomic E-state index is 12.6. The van der Waals surface area contributed by atoms with Crippen LogP contribution in [0.25, 0.3) is 0 Å². The minimum Gasteiger partial charge on any atom is -0.472 e. The third kappa shape index (κ3) is 4.51. The van der Waals surface area contributed by atoms with Crippen LogP contribution >= 0.6 is 0 Å². The largest absolute Gasteiger partial charge is 0.472 e. The molecule has 0 radical (unpaired) electrons. The second kappa shape index (κ2) is 7.35. The van der Waals surface area contributed by atoms with Crippen LogP contribution in [0.5, 0.6) is 0 Å². The summed E-state index contributed by atoms with van der Waals surface area (Å²) in [5, 5.41) is 0. The number of hydrogen-bond donors (Lipinski definition) is 1. The first-order chi connectivity index (χ1) is 12.7. The van der Waals surface area contributed by atoms with Crippen molar-refractivity contribution in [1.29, 1.82) is 0 Å². The number of nitrogens with zero attached hydrogens (tertiary/aromatic N) is 1. The fourth-order valence-electron chi connectivity index (χ4n) is 2.88. The van der Waals surface area contributed by atoms with Crippen molar-refractivity contribution in [3.05, 3.63) is 54.0 Å². The van der Waals surface area contributed by atoms with E-state index in [0.29, 0.717) is 31.5 Å². The summed E-state index contributed by atoms with van der Waals surface area (Å²) >= 11 is 0. The summed E-state index contributed by atoms with van der Waals surface area (Å²) in [4.78, 5) is 13.6. The molecule has 10 heteroatoms. The van der Waals surface area contributed by atoms with E-state index in [1.807, 2.05) is 0 Å². The van der Waals surface area contributed by atoms with Gasteiger partial charge in [0, 0.05) is 19.1 Å². The van der Waals surface area contributed by atoms with Crippen molar-refractivity contribution in [3.8, 4) is 0 Å². The molecule has 6 nitrogen and oxygen atoms in total. The van der Waals surface area contributed by atoms with E-state index in [0.717, 1.165) is 24.3 Å². The monoisotopic (exact) mass is 402 g/mol. The molecule has 0 spiro atoms. The molecule has 1 N–H and O–H groups in total. The van der Waals surface area contributed by atoms with Crippen LogP contribution < -0.4 is 4.72 Å². The Morgan fingerprint density at radius 2 is 1.74 bits per heavy atom. The second-order valence-electron chi connectivity index (χ2n) is 6.22. The van der Waals surface area contributed by atoms with Crippen molar-refractivity contribution < 1.29 is 30.8 Å². The number of carbonyl (C=O) groups excluding carboxylic acids is 1. The SMILES string of the molecule is O=C(c1ccoc1)N1CCC(NS(=O)(=O)c2ccc(C(F)(F)F)cc2)CC1. The maximum Gasteiger partial charge on any atom is 0.416 e. The fraction of sp³-hybridized carbons (Fsp3) is 0.353. The highest BCUT2D eigenvalue weighted by Crippen LogP contribution is 2.29. The van der Waals surface area contributed by atoms with Crippen LogP contribution in [0.1, 0.15) is 28.8 Å². The normalized spacial score (nSPS) is 16.5. The van der Waals surface area contributed by atoms with E-state index in [1.54, 1.807) is 11.0 Å². The van der Waals surface area contributed by atoms with Gasteiger partial charge in [-0.2, -0.15) is 13.2 Å². The lowest BCUT2D eigenvalue weighted by atomic mass is 10.1. The minimum atomic E-state index is -4.52. The van der Waals surface area contributed by atoms with E-state index < -0.39 is 27.8 Å². The Kier molecular flexibility index (Phi) is 5.29. The third-order valence-corrected chi connectivity index (χ3v) is 5.90. The molecule has 1 saturated heterocycles. The first-order valence-electron chi connectivity index (χ1n) is 8.18. The summed E-state index contributed by atoms with van der Waals surface area (Å²) < 4.78 is 69.9. The van der Waals surface area contributed by atoms with Gasteiger partial charge in [-0.3, -0.25) is 4.79 Å². The Hall–Kier alpha value is -2.33. The molecule has 27 heavy (non-hydrogen) atoms. The number of benzene rings is 1. The number of piperidine rings is 1. The molecule has 1 aliphatic rings. The molecule has 0 atom stereocenters. The Bertz CT molecular complexity index is 885. The first-order valence-corrected chi connectivity index (χ1v) is 9.66. The number of hydrogen-bond acceptors (Lipinski definition) is 4. The summed E-state index contributed by atoms with van der Waals surface area (Å²) in [6, 6.07) is 4.50. The van der Waals surface area contributed by atoms with Crippen LogP contribution in [0.4, 0.5) is 13.2 Å². The number of amides is 1. The molecular weight excluding hydrogens is 385 g/mol. The van der Waals surface area contributed by atoms with Crippen LogP contribution in [-0.4, -0.2) is 38.4 Å². The van der Waals surface area contributed by atoms with E-state index >= 15 is 0 Å². The van der Waals surface area contributed by atoms with Gasteiger partial charge in [0.25, 0.3) is 5.91 Å². The molecule has 0 unspecified atom stereocenters. The predicted molar refractivity (Wildman–Crippen MR) is 89.4 cm³/mol. The lowest BCUT2D eigenvalue weighted by Crippen LogP contribution is -2.46. The molecule has 1 fully saturated rings. The number of rotatable bonds is 4. The smallest absolute Gasteiger partial charge is 0.416 e. The predicted octanol–water partition coefficient (Wildman–Crippen LogP) is 2.88. The lowest BCUT2D eigenvalue weighted by Gasteiger charge is -2.32. The molecule has 3 rings (SSSR count). The highest BCUT2D eigenvalue weighted by atomic mass is 32.2. The standard InChI is InChI=1S/C17H17F3N2O4S/c18-17(19,20)13-1-3-15(4-2-13)27(24,25)21-14-5-8-22(9-6-14)16(23)12-7-10-26-11-12/h1-4,7,10-11,14,21H,5-6,8-9H2. The zero-order valence-corrected chi connectivity index (χ0v) is 14.9. The molecule has 1 amide bonds. The van der Waals surface area contributed by atoms with Crippen LogP contribution in [0.15, 0.2) is 52.2 Å². The third-order valence-electron chi connectivity index (χ3n) is 4.36. The summed E-state index contributed by atoms with van der Waals surface area (Å²) in [7, 11) is -3.94. The zero-order valence-electron chi connectivity index (χ0n) is 14.1. The highest BCUT2D eigenvalue weighted by Gasteiger charge is 2.31. The van der Waals surface area contributed by atoms with Crippen molar-refractivity contribution in [2.24, 2.45) is 0 Å². The van der Waals surface area contributed by atoms with Crippen molar-refractivity contribution in [3.63, 3.8) is 0 Å². The highest BCUT2D eigenvalue weighted by molar-refractivity contribution is 7.89. The molecule has 0 bridgehead atoms. The van der Waals surface area contributed by atoms with E-state index in [9.17, 15) is 26.4 Å².